The Morgan fingerprint density at radius 3 is 2.78 bits per heavy atom. The molecule has 2 aromatic rings. The van der Waals surface area contributed by atoms with Gasteiger partial charge in [-0.05, 0) is 6.08 Å². The molecule has 0 radical (unpaired) electrons. The van der Waals surface area contributed by atoms with Crippen molar-refractivity contribution in [2.24, 2.45) is 0 Å². The summed E-state index contributed by atoms with van der Waals surface area (Å²) in [5.74, 6) is -0.494. The van der Waals surface area contributed by atoms with E-state index in [1.54, 1.807) is 0 Å². The zero-order chi connectivity index (χ0) is 13.3. The van der Waals surface area contributed by atoms with Crippen molar-refractivity contribution in [3.8, 4) is 0 Å². The first-order chi connectivity index (χ1) is 8.60. The molecule has 2 heterocycles. The van der Waals surface area contributed by atoms with Gasteiger partial charge in [-0.15, -0.1) is 6.58 Å². The molecule has 0 aliphatic heterocycles. The average molecular weight is 246 g/mol. The maximum atomic E-state index is 11.7. The molecule has 0 amide bonds. The van der Waals surface area contributed by atoms with Gasteiger partial charge in [0.1, 0.15) is 6.33 Å². The number of nitrogens with zero attached hydrogens (tertiary/aromatic N) is 3. The minimum Gasteiger partial charge on any atom is -0.272 e. The van der Waals surface area contributed by atoms with E-state index in [9.17, 15) is 14.4 Å². The lowest BCUT2D eigenvalue weighted by Crippen LogP contribution is -2.31. The Morgan fingerprint density at radius 2 is 2.17 bits per heavy atom. The van der Waals surface area contributed by atoms with Gasteiger partial charge in [0.25, 0.3) is 11.5 Å². The molecule has 7 heteroatoms. The predicted molar refractivity (Wildman–Crippen MR) is 65.6 cm³/mol. The van der Waals surface area contributed by atoms with Gasteiger partial charge in [-0.25, -0.2) is 9.78 Å². The minimum absolute atomic E-state index is 0.0151. The number of carbonyl (C=O) groups is 1. The largest absolute Gasteiger partial charge is 0.330 e. The molecular formula is C11H10N4O3. The molecule has 92 valence electrons. The van der Waals surface area contributed by atoms with E-state index in [0.29, 0.717) is 0 Å². The number of aromatic nitrogens is 4. The summed E-state index contributed by atoms with van der Waals surface area (Å²) >= 11 is 0. The number of aromatic amines is 1. The highest BCUT2D eigenvalue weighted by Gasteiger charge is 2.15. The zero-order valence-corrected chi connectivity index (χ0v) is 9.42. The van der Waals surface area contributed by atoms with Crippen molar-refractivity contribution in [2.75, 3.05) is 0 Å². The monoisotopic (exact) mass is 246 g/mol. The second-order valence-electron chi connectivity index (χ2n) is 3.49. The fraction of sp³-hybridized carbons (Fsp3) is 0.0909. The Kier molecular flexibility index (Phi) is 2.80. The lowest BCUT2D eigenvalue weighted by molar-refractivity contribution is 0.0973. The van der Waals surface area contributed by atoms with Crippen LogP contribution in [0.2, 0.25) is 0 Å². The summed E-state index contributed by atoms with van der Waals surface area (Å²) in [6, 6.07) is 0. The van der Waals surface area contributed by atoms with E-state index in [4.69, 9.17) is 0 Å². The third kappa shape index (κ3) is 1.61. The average Bonchev–Trinajstić information content (AvgIpc) is 2.78. The molecule has 0 unspecified atom stereocenters. The van der Waals surface area contributed by atoms with Crippen LogP contribution in [0.1, 0.15) is 4.79 Å². The molecule has 0 aromatic carbocycles. The highest BCUT2D eigenvalue weighted by atomic mass is 16.2. The van der Waals surface area contributed by atoms with E-state index in [1.165, 1.54) is 17.0 Å². The van der Waals surface area contributed by atoms with E-state index in [1.807, 2.05) is 0 Å². The Bertz CT molecular complexity index is 763. The number of fused-ring (bicyclic) bond motifs is 1. The van der Waals surface area contributed by atoms with Crippen LogP contribution < -0.4 is 11.2 Å². The maximum Gasteiger partial charge on any atom is 0.330 e. The summed E-state index contributed by atoms with van der Waals surface area (Å²) in [4.78, 5) is 40.9. The number of allylic oxidation sites excluding steroid dienone is 2. The standard InChI is InChI=1S/C11H10N4O3/c1-3-5-14-9-8(10(17)13-11(14)18)15(6-12-9)7(16)4-2/h3-4,6H,1-2,5H2,(H,13,17,18). The summed E-state index contributed by atoms with van der Waals surface area (Å²) in [6.45, 7) is 7.04. The van der Waals surface area contributed by atoms with Crippen LogP contribution in [0.25, 0.3) is 11.2 Å². The van der Waals surface area contributed by atoms with Crippen LogP contribution in [0.4, 0.5) is 0 Å². The van der Waals surface area contributed by atoms with Gasteiger partial charge in [0.05, 0.1) is 0 Å². The molecule has 2 aromatic heterocycles. The number of carbonyl (C=O) groups excluding carboxylic acids is 1. The normalized spacial score (nSPS) is 10.4. The van der Waals surface area contributed by atoms with Gasteiger partial charge < -0.3 is 0 Å². The Hall–Kier alpha value is -2.70. The van der Waals surface area contributed by atoms with Crippen molar-refractivity contribution in [1.29, 1.82) is 0 Å². The van der Waals surface area contributed by atoms with Crippen LogP contribution >= 0.6 is 0 Å². The van der Waals surface area contributed by atoms with Crippen molar-refractivity contribution >= 4 is 17.1 Å². The number of H-pyrrole nitrogens is 1. The van der Waals surface area contributed by atoms with Crippen LogP contribution in [0.3, 0.4) is 0 Å². The molecule has 0 aliphatic carbocycles. The second kappa shape index (κ2) is 4.28. The minimum atomic E-state index is -0.664. The number of nitrogens with one attached hydrogen (secondary N) is 1. The van der Waals surface area contributed by atoms with Gasteiger partial charge >= 0.3 is 5.69 Å². The lowest BCUT2D eigenvalue weighted by atomic mass is 10.4. The third-order valence-electron chi connectivity index (χ3n) is 2.41. The van der Waals surface area contributed by atoms with Crippen LogP contribution in [0.5, 0.6) is 0 Å². The molecule has 0 saturated carbocycles. The second-order valence-corrected chi connectivity index (χ2v) is 3.49. The predicted octanol–water partition coefficient (Wildman–Crippen LogP) is -0.102. The molecule has 2 rings (SSSR count). The van der Waals surface area contributed by atoms with E-state index in [0.717, 1.165) is 10.6 Å². The summed E-state index contributed by atoms with van der Waals surface area (Å²) in [7, 11) is 0. The van der Waals surface area contributed by atoms with Gasteiger partial charge in [0.2, 0.25) is 0 Å². The van der Waals surface area contributed by atoms with Gasteiger partial charge in [0.15, 0.2) is 11.2 Å². The van der Waals surface area contributed by atoms with E-state index >= 15 is 0 Å². The van der Waals surface area contributed by atoms with Crippen LogP contribution in [-0.2, 0) is 6.54 Å². The smallest absolute Gasteiger partial charge is 0.272 e. The first-order valence-electron chi connectivity index (χ1n) is 5.08. The van der Waals surface area contributed by atoms with Crippen molar-refractivity contribution in [2.45, 2.75) is 6.54 Å². The topological polar surface area (TPSA) is 89.8 Å². The molecular weight excluding hydrogens is 236 g/mol. The van der Waals surface area contributed by atoms with Crippen molar-refractivity contribution < 1.29 is 4.79 Å². The van der Waals surface area contributed by atoms with Crippen molar-refractivity contribution in [3.05, 3.63) is 52.5 Å². The summed E-state index contributed by atoms with van der Waals surface area (Å²) in [5, 5.41) is 0. The molecule has 0 atom stereocenters. The van der Waals surface area contributed by atoms with E-state index < -0.39 is 17.2 Å². The van der Waals surface area contributed by atoms with Crippen LogP contribution in [-0.4, -0.2) is 25.0 Å². The van der Waals surface area contributed by atoms with E-state index in [2.05, 4.69) is 23.1 Å². The fourth-order valence-electron chi connectivity index (χ4n) is 1.63. The molecule has 0 spiro atoms. The molecule has 0 saturated heterocycles. The number of hydrogen-bond donors (Lipinski definition) is 1. The van der Waals surface area contributed by atoms with Gasteiger partial charge in [-0.1, -0.05) is 12.7 Å². The van der Waals surface area contributed by atoms with Crippen molar-refractivity contribution in [1.82, 2.24) is 19.1 Å². The summed E-state index contributed by atoms with van der Waals surface area (Å²) in [5.41, 5.74) is -1.10. The van der Waals surface area contributed by atoms with Gasteiger partial charge in [-0.3, -0.25) is 23.7 Å². The Labute approximate surface area is 101 Å². The molecule has 18 heavy (non-hydrogen) atoms. The van der Waals surface area contributed by atoms with E-state index in [-0.39, 0.29) is 17.7 Å². The molecule has 0 bridgehead atoms. The van der Waals surface area contributed by atoms with Crippen molar-refractivity contribution in [3.63, 3.8) is 0 Å². The first kappa shape index (κ1) is 11.8. The lowest BCUT2D eigenvalue weighted by Gasteiger charge is -2.02. The highest BCUT2D eigenvalue weighted by molar-refractivity contribution is 5.95. The van der Waals surface area contributed by atoms with Crippen LogP contribution in [0.15, 0.2) is 41.2 Å². The molecule has 0 fully saturated rings. The highest BCUT2D eigenvalue weighted by Crippen LogP contribution is 2.05. The SMILES string of the molecule is C=CCn1c(=O)[nH]c(=O)c2c1ncn2C(=O)C=C. The van der Waals surface area contributed by atoms with Gasteiger partial charge in [-0.2, -0.15) is 0 Å². The van der Waals surface area contributed by atoms with Crippen LogP contribution in [0, 0.1) is 0 Å². The molecule has 1 N–H and O–H groups in total. The zero-order valence-electron chi connectivity index (χ0n) is 9.42. The number of hydrogen-bond acceptors (Lipinski definition) is 4. The molecule has 7 nitrogen and oxygen atoms in total. The van der Waals surface area contributed by atoms with Gasteiger partial charge in [0, 0.05) is 6.54 Å². The molecule has 0 aliphatic rings. The Balaban J connectivity index is 2.91. The maximum absolute atomic E-state index is 11.7. The number of rotatable bonds is 3. The Morgan fingerprint density at radius 1 is 1.44 bits per heavy atom. The summed E-state index contributed by atoms with van der Waals surface area (Å²) in [6.07, 6.45) is 3.74. The quantitative estimate of drug-likeness (QED) is 0.604. The first-order valence-corrected chi connectivity index (χ1v) is 5.08. The summed E-state index contributed by atoms with van der Waals surface area (Å²) < 4.78 is 2.26. The number of imidazole rings is 1. The fourth-order valence-corrected chi connectivity index (χ4v) is 1.63. The third-order valence-corrected chi connectivity index (χ3v) is 2.41.